The van der Waals surface area contributed by atoms with Crippen LogP contribution in [0.15, 0.2) is 41.3 Å². The normalized spacial score (nSPS) is 16.9. The molecule has 1 saturated heterocycles. The van der Waals surface area contributed by atoms with Crippen LogP contribution in [0, 0.1) is 12.8 Å². The molecule has 1 aliphatic heterocycles. The Hall–Kier alpha value is -2.29. The Morgan fingerprint density at radius 2 is 1.69 bits per heavy atom. The number of aryl methyl sites for hydroxylation is 1. The zero-order valence-electron chi connectivity index (χ0n) is 17.6. The Morgan fingerprint density at radius 1 is 1.10 bits per heavy atom. The SMILES string of the molecule is CC.CN.COC(=O)C1CN(S(=O)(=O)c2cccc3c(C)cccc23)CCC1=O. The minimum absolute atomic E-state index is 0.00277. The first kappa shape index (κ1) is 24.7. The second-order valence-corrected chi connectivity index (χ2v) is 7.99. The molecule has 1 fully saturated rings. The number of esters is 1. The summed E-state index contributed by atoms with van der Waals surface area (Å²) >= 11 is 0. The summed E-state index contributed by atoms with van der Waals surface area (Å²) in [6.45, 7) is 5.80. The maximum atomic E-state index is 13.1. The molecule has 7 nitrogen and oxygen atoms in total. The van der Waals surface area contributed by atoms with E-state index in [-0.39, 0.29) is 30.2 Å². The summed E-state index contributed by atoms with van der Waals surface area (Å²) in [5.74, 6) is -2.05. The molecule has 3 rings (SSSR count). The van der Waals surface area contributed by atoms with Crippen molar-refractivity contribution in [1.82, 2.24) is 4.31 Å². The number of hydrogen-bond donors (Lipinski definition) is 1. The van der Waals surface area contributed by atoms with Gasteiger partial charge in [-0.2, -0.15) is 4.31 Å². The molecule has 1 aliphatic rings. The van der Waals surface area contributed by atoms with E-state index in [1.54, 1.807) is 18.2 Å². The zero-order chi connectivity index (χ0) is 22.2. The fraction of sp³-hybridized carbons (Fsp3) is 0.429. The summed E-state index contributed by atoms with van der Waals surface area (Å²) in [5.41, 5.74) is 5.48. The van der Waals surface area contributed by atoms with E-state index in [2.05, 4.69) is 10.5 Å². The summed E-state index contributed by atoms with van der Waals surface area (Å²) in [6, 6.07) is 10.6. The third-order valence-electron chi connectivity index (χ3n) is 4.59. The summed E-state index contributed by atoms with van der Waals surface area (Å²) < 4.78 is 32.1. The smallest absolute Gasteiger partial charge is 0.317 e. The number of nitrogens with two attached hydrogens (primary N) is 1. The van der Waals surface area contributed by atoms with Crippen molar-refractivity contribution in [1.29, 1.82) is 0 Å². The highest BCUT2D eigenvalue weighted by Crippen LogP contribution is 2.29. The topological polar surface area (TPSA) is 107 Å². The Kier molecular flexibility index (Phi) is 9.42. The second-order valence-electron chi connectivity index (χ2n) is 6.08. The predicted octanol–water partition coefficient (Wildman–Crippen LogP) is 2.50. The lowest BCUT2D eigenvalue weighted by Crippen LogP contribution is -2.47. The van der Waals surface area contributed by atoms with Gasteiger partial charge < -0.3 is 10.5 Å². The quantitative estimate of drug-likeness (QED) is 0.602. The van der Waals surface area contributed by atoms with Gasteiger partial charge in [0.25, 0.3) is 0 Å². The number of sulfonamides is 1. The summed E-state index contributed by atoms with van der Waals surface area (Å²) in [5, 5.41) is 1.50. The monoisotopic (exact) mass is 422 g/mol. The Morgan fingerprint density at radius 3 is 2.31 bits per heavy atom. The van der Waals surface area contributed by atoms with Gasteiger partial charge in [0.2, 0.25) is 10.0 Å². The largest absolute Gasteiger partial charge is 0.468 e. The number of ketones is 1. The van der Waals surface area contributed by atoms with E-state index in [1.807, 2.05) is 39.0 Å². The second kappa shape index (κ2) is 11.0. The molecule has 2 aromatic rings. The van der Waals surface area contributed by atoms with Gasteiger partial charge in [-0.05, 0) is 31.0 Å². The molecule has 0 aliphatic carbocycles. The highest BCUT2D eigenvalue weighted by atomic mass is 32.2. The van der Waals surface area contributed by atoms with Crippen LogP contribution in [0.5, 0.6) is 0 Å². The maximum Gasteiger partial charge on any atom is 0.317 e. The van der Waals surface area contributed by atoms with Gasteiger partial charge in [-0.1, -0.05) is 44.2 Å². The number of ether oxygens (including phenoxy) is 1. The summed E-state index contributed by atoms with van der Waals surface area (Å²) in [6.07, 6.45) is 0.00277. The van der Waals surface area contributed by atoms with Crippen LogP contribution in [0.25, 0.3) is 10.8 Å². The highest BCUT2D eigenvalue weighted by Gasteiger charge is 2.39. The molecule has 0 bridgehead atoms. The molecule has 1 atom stereocenters. The summed E-state index contributed by atoms with van der Waals surface area (Å²) in [4.78, 5) is 23.9. The third kappa shape index (κ3) is 5.20. The van der Waals surface area contributed by atoms with Crippen molar-refractivity contribution in [2.45, 2.75) is 32.1 Å². The number of nitrogens with zero attached hydrogens (tertiary/aromatic N) is 1. The van der Waals surface area contributed by atoms with Crippen molar-refractivity contribution in [2.24, 2.45) is 11.7 Å². The minimum Gasteiger partial charge on any atom is -0.468 e. The van der Waals surface area contributed by atoms with Crippen molar-refractivity contribution < 1.29 is 22.7 Å². The molecular formula is C21H30N2O5S. The van der Waals surface area contributed by atoms with Gasteiger partial charge in [0.15, 0.2) is 0 Å². The molecule has 0 aromatic heterocycles. The minimum atomic E-state index is -3.83. The summed E-state index contributed by atoms with van der Waals surface area (Å²) in [7, 11) is -1.14. The molecular weight excluding hydrogens is 392 g/mol. The van der Waals surface area contributed by atoms with Crippen LogP contribution in [0.4, 0.5) is 0 Å². The first-order valence-corrected chi connectivity index (χ1v) is 11.0. The molecule has 0 amide bonds. The molecule has 2 aromatic carbocycles. The average Bonchev–Trinajstić information content (AvgIpc) is 2.76. The number of hydrogen-bond acceptors (Lipinski definition) is 6. The van der Waals surface area contributed by atoms with Crippen LogP contribution < -0.4 is 5.73 Å². The first-order chi connectivity index (χ1) is 13.9. The average molecular weight is 423 g/mol. The number of fused-ring (bicyclic) bond motifs is 1. The molecule has 29 heavy (non-hydrogen) atoms. The van der Waals surface area contributed by atoms with E-state index >= 15 is 0 Å². The van der Waals surface area contributed by atoms with E-state index in [9.17, 15) is 18.0 Å². The Labute approximate surface area is 172 Å². The van der Waals surface area contributed by atoms with Crippen LogP contribution >= 0.6 is 0 Å². The number of carbonyl (C=O) groups is 2. The van der Waals surface area contributed by atoms with Crippen LogP contribution in [0.2, 0.25) is 0 Å². The predicted molar refractivity (Wildman–Crippen MR) is 114 cm³/mol. The number of methoxy groups -OCH3 is 1. The molecule has 160 valence electrons. The van der Waals surface area contributed by atoms with Gasteiger partial charge in [0.05, 0.1) is 12.0 Å². The van der Waals surface area contributed by atoms with E-state index in [1.165, 1.54) is 18.5 Å². The van der Waals surface area contributed by atoms with Crippen molar-refractivity contribution in [3.8, 4) is 0 Å². The van der Waals surface area contributed by atoms with Crippen LogP contribution in [0.3, 0.4) is 0 Å². The lowest BCUT2D eigenvalue weighted by atomic mass is 9.98. The first-order valence-electron chi connectivity index (χ1n) is 9.53. The molecule has 2 N–H and O–H groups in total. The maximum absolute atomic E-state index is 13.1. The van der Waals surface area contributed by atoms with Gasteiger partial charge in [-0.25, -0.2) is 8.42 Å². The highest BCUT2D eigenvalue weighted by molar-refractivity contribution is 7.89. The molecule has 0 saturated carbocycles. The van der Waals surface area contributed by atoms with Crippen LogP contribution in [-0.2, 0) is 24.3 Å². The zero-order valence-corrected chi connectivity index (χ0v) is 18.5. The molecule has 8 heteroatoms. The number of rotatable bonds is 3. The molecule has 0 spiro atoms. The number of benzene rings is 2. The fourth-order valence-corrected chi connectivity index (χ4v) is 4.84. The molecule has 1 heterocycles. The third-order valence-corrected chi connectivity index (χ3v) is 6.51. The van der Waals surface area contributed by atoms with Crippen molar-refractivity contribution >= 4 is 32.5 Å². The lowest BCUT2D eigenvalue weighted by molar-refractivity contribution is -0.150. The van der Waals surface area contributed by atoms with Gasteiger partial charge >= 0.3 is 5.97 Å². The molecule has 0 radical (unpaired) electrons. The van der Waals surface area contributed by atoms with E-state index in [0.717, 1.165) is 10.9 Å². The number of Topliss-reactive ketones (excluding diaryl/α,β-unsaturated/α-hetero) is 1. The molecule has 1 unspecified atom stereocenters. The number of carbonyl (C=O) groups excluding carboxylic acids is 2. The lowest BCUT2D eigenvalue weighted by Gasteiger charge is -2.30. The van der Waals surface area contributed by atoms with Crippen LogP contribution in [-0.4, -0.2) is 51.7 Å². The van der Waals surface area contributed by atoms with Gasteiger partial charge in [-0.3, -0.25) is 9.59 Å². The van der Waals surface area contributed by atoms with Crippen molar-refractivity contribution in [2.75, 3.05) is 27.2 Å². The van der Waals surface area contributed by atoms with E-state index in [0.29, 0.717) is 5.39 Å². The van der Waals surface area contributed by atoms with E-state index < -0.39 is 21.9 Å². The van der Waals surface area contributed by atoms with Gasteiger partial charge in [0.1, 0.15) is 11.7 Å². The fourth-order valence-electron chi connectivity index (χ4n) is 3.17. The van der Waals surface area contributed by atoms with Gasteiger partial charge in [0, 0.05) is 24.9 Å². The van der Waals surface area contributed by atoms with E-state index in [4.69, 9.17) is 0 Å². The van der Waals surface area contributed by atoms with Crippen LogP contribution in [0.1, 0.15) is 25.8 Å². The van der Waals surface area contributed by atoms with Gasteiger partial charge in [-0.15, -0.1) is 0 Å². The number of piperidine rings is 1. The Bertz CT molecular complexity index is 949. The standard InChI is InChI=1S/C18H19NO5S.C2H6.CH5N/c1-12-5-3-7-14-13(12)6-4-8-17(14)25(22,23)19-10-9-16(20)15(11-19)18(21)24-2;2*1-2/h3-8,15H,9-11H2,1-2H3;1-2H3;2H2,1H3. The van der Waals surface area contributed by atoms with Crippen molar-refractivity contribution in [3.05, 3.63) is 42.0 Å². The van der Waals surface area contributed by atoms with Crippen molar-refractivity contribution in [3.63, 3.8) is 0 Å². The Balaban J connectivity index is 0.000000989.